The van der Waals surface area contributed by atoms with Crippen LogP contribution in [0.25, 0.3) is 6.08 Å². The van der Waals surface area contributed by atoms with Gasteiger partial charge in [0.25, 0.3) is 0 Å². The smallest absolute Gasteiger partial charge is 0.0500 e. The first kappa shape index (κ1) is 11.0. The second-order valence-corrected chi connectivity index (χ2v) is 9.88. The van der Waals surface area contributed by atoms with Gasteiger partial charge in [0.1, 0.15) is 0 Å². The fourth-order valence-electron chi connectivity index (χ4n) is 4.27. The second kappa shape index (κ2) is 4.09. The first-order valence-corrected chi connectivity index (χ1v) is 9.95. The first-order valence-electron chi connectivity index (χ1n) is 7.65. The minimum absolute atomic E-state index is 0.528. The van der Waals surface area contributed by atoms with E-state index < -0.39 is 8.80 Å². The van der Waals surface area contributed by atoms with Crippen LogP contribution >= 0.6 is 0 Å². The van der Waals surface area contributed by atoms with Gasteiger partial charge in [-0.2, -0.15) is 0 Å². The van der Waals surface area contributed by atoms with Crippen LogP contribution in [0, 0.1) is 0 Å². The van der Waals surface area contributed by atoms with Crippen LogP contribution in [0.3, 0.4) is 0 Å². The first-order chi connectivity index (χ1) is 8.84. The Hall–Kier alpha value is -0.823. The summed E-state index contributed by atoms with van der Waals surface area (Å²) >= 11 is 0. The molecule has 1 atom stereocenters. The molecule has 18 heavy (non-hydrogen) atoms. The van der Waals surface area contributed by atoms with Gasteiger partial charge in [0.15, 0.2) is 0 Å². The number of allylic oxidation sites excluding steroid dienone is 1. The topological polar surface area (TPSA) is 0 Å². The molecule has 94 valence electrons. The normalized spacial score (nSPS) is 27.4. The van der Waals surface area contributed by atoms with E-state index in [0.29, 0.717) is 0 Å². The predicted octanol–water partition coefficient (Wildman–Crippen LogP) is 4.62. The third-order valence-electron chi connectivity index (χ3n) is 5.26. The zero-order chi connectivity index (χ0) is 12.1. The van der Waals surface area contributed by atoms with Crippen LogP contribution in [-0.4, -0.2) is 8.80 Å². The van der Waals surface area contributed by atoms with Crippen LogP contribution < -0.4 is 0 Å². The average molecular weight is 254 g/mol. The molecule has 0 aromatic heterocycles. The Bertz CT molecular complexity index is 504. The molecule has 0 amide bonds. The van der Waals surface area contributed by atoms with Gasteiger partial charge < -0.3 is 0 Å². The van der Waals surface area contributed by atoms with E-state index in [2.05, 4.69) is 31.2 Å². The van der Waals surface area contributed by atoms with Crippen molar-refractivity contribution in [1.29, 1.82) is 0 Å². The molecule has 0 N–H and O–H groups in total. The summed E-state index contributed by atoms with van der Waals surface area (Å²) in [6.45, 7) is 2.40. The molecule has 1 aliphatic heterocycles. The Balaban J connectivity index is 1.77. The summed E-state index contributed by atoms with van der Waals surface area (Å²) in [7, 11) is -0.528. The molecule has 1 saturated heterocycles. The minimum Gasteiger partial charge on any atom is -0.0682 e. The lowest BCUT2D eigenvalue weighted by atomic mass is 10.00. The largest absolute Gasteiger partial charge is 0.0682 e. The van der Waals surface area contributed by atoms with Crippen molar-refractivity contribution in [2.45, 2.75) is 56.2 Å². The summed E-state index contributed by atoms with van der Waals surface area (Å²) in [5.41, 5.74) is 7.61. The zero-order valence-electron chi connectivity index (χ0n) is 11.3. The van der Waals surface area contributed by atoms with Crippen molar-refractivity contribution < 1.29 is 0 Å². The Kier molecular flexibility index (Phi) is 2.51. The molecule has 1 aromatic rings. The van der Waals surface area contributed by atoms with Gasteiger partial charge in [0, 0.05) is 0 Å². The van der Waals surface area contributed by atoms with Crippen LogP contribution in [0.5, 0.6) is 0 Å². The van der Waals surface area contributed by atoms with E-state index in [-0.39, 0.29) is 0 Å². The summed E-state index contributed by atoms with van der Waals surface area (Å²) < 4.78 is 0. The lowest BCUT2D eigenvalue weighted by Gasteiger charge is -2.21. The SMILES string of the molecule is CC1=Cc2c(C3CC3)cccc2C1[SiH]1CCCC1. The fraction of sp³-hybridized carbons (Fsp3) is 0.529. The fourth-order valence-corrected chi connectivity index (χ4v) is 8.49. The minimum atomic E-state index is -0.528. The van der Waals surface area contributed by atoms with Crippen molar-refractivity contribution >= 4 is 14.9 Å². The maximum absolute atomic E-state index is 2.54. The molecule has 0 spiro atoms. The maximum Gasteiger partial charge on any atom is 0.0500 e. The highest BCUT2D eigenvalue weighted by molar-refractivity contribution is 6.62. The van der Waals surface area contributed by atoms with E-state index in [4.69, 9.17) is 0 Å². The predicted molar refractivity (Wildman–Crippen MR) is 80.8 cm³/mol. The lowest BCUT2D eigenvalue weighted by molar-refractivity contribution is 0.935. The molecule has 3 aliphatic rings. The molecule has 0 nitrogen and oxygen atoms in total. The molecule has 4 rings (SSSR count). The maximum atomic E-state index is 2.54. The van der Waals surface area contributed by atoms with Crippen LogP contribution in [0.4, 0.5) is 0 Å². The van der Waals surface area contributed by atoms with Gasteiger partial charge in [-0.15, -0.1) is 0 Å². The molecular formula is C17H22Si. The molecule has 2 fully saturated rings. The summed E-state index contributed by atoms with van der Waals surface area (Å²) in [6.07, 6.45) is 8.42. The molecule has 2 aliphatic carbocycles. The summed E-state index contributed by atoms with van der Waals surface area (Å²) in [4.78, 5) is 0. The highest BCUT2D eigenvalue weighted by Gasteiger charge is 2.35. The van der Waals surface area contributed by atoms with E-state index in [1.807, 2.05) is 0 Å². The summed E-state index contributed by atoms with van der Waals surface area (Å²) in [5, 5.41) is 0. The third-order valence-corrected chi connectivity index (χ3v) is 9.39. The van der Waals surface area contributed by atoms with E-state index in [9.17, 15) is 0 Å². The molecule has 1 heteroatoms. The second-order valence-electron chi connectivity index (χ2n) is 6.53. The third kappa shape index (κ3) is 1.64. The van der Waals surface area contributed by atoms with Crippen LogP contribution in [0.1, 0.15) is 60.8 Å². The molecule has 1 saturated carbocycles. The lowest BCUT2D eigenvalue weighted by Crippen LogP contribution is -2.19. The number of benzene rings is 1. The van der Waals surface area contributed by atoms with Gasteiger partial charge in [0.2, 0.25) is 0 Å². The van der Waals surface area contributed by atoms with E-state index in [0.717, 1.165) is 11.5 Å². The van der Waals surface area contributed by atoms with Gasteiger partial charge in [-0.1, -0.05) is 54.8 Å². The van der Waals surface area contributed by atoms with Gasteiger partial charge in [-0.05, 0) is 47.9 Å². The van der Waals surface area contributed by atoms with Crippen molar-refractivity contribution in [3.05, 3.63) is 40.5 Å². The van der Waals surface area contributed by atoms with Crippen molar-refractivity contribution in [1.82, 2.24) is 0 Å². The van der Waals surface area contributed by atoms with E-state index in [1.54, 1.807) is 34.4 Å². The van der Waals surface area contributed by atoms with Crippen LogP contribution in [0.15, 0.2) is 23.8 Å². The van der Waals surface area contributed by atoms with Crippen LogP contribution in [0.2, 0.25) is 12.1 Å². The van der Waals surface area contributed by atoms with Gasteiger partial charge in [-0.25, -0.2) is 0 Å². The van der Waals surface area contributed by atoms with Crippen molar-refractivity contribution in [2.24, 2.45) is 0 Å². The summed E-state index contributed by atoms with van der Waals surface area (Å²) in [5.74, 6) is 0.896. The van der Waals surface area contributed by atoms with E-state index >= 15 is 0 Å². The number of fused-ring (bicyclic) bond motifs is 1. The van der Waals surface area contributed by atoms with Gasteiger partial charge >= 0.3 is 0 Å². The van der Waals surface area contributed by atoms with Gasteiger partial charge in [0.05, 0.1) is 8.80 Å². The Morgan fingerprint density at radius 2 is 1.78 bits per heavy atom. The number of rotatable bonds is 2. The average Bonchev–Trinajstić information content (AvgIpc) is 2.96. The highest BCUT2D eigenvalue weighted by Crippen LogP contribution is 2.49. The Morgan fingerprint density at radius 3 is 2.50 bits per heavy atom. The van der Waals surface area contributed by atoms with Crippen LogP contribution in [-0.2, 0) is 0 Å². The number of hydrogen-bond donors (Lipinski definition) is 0. The van der Waals surface area contributed by atoms with E-state index in [1.165, 1.54) is 25.7 Å². The molecule has 1 heterocycles. The number of hydrogen-bond acceptors (Lipinski definition) is 0. The van der Waals surface area contributed by atoms with Crippen molar-refractivity contribution in [3.63, 3.8) is 0 Å². The standard InChI is InChI=1S/C17H22Si/c1-12-11-16-14(13-7-8-13)5-4-6-15(16)17(12)18-9-2-3-10-18/h4-6,11,13,17-18H,2-3,7-10H2,1H3. The Labute approximate surface area is 112 Å². The Morgan fingerprint density at radius 1 is 1.06 bits per heavy atom. The van der Waals surface area contributed by atoms with Gasteiger partial charge in [-0.3, -0.25) is 0 Å². The zero-order valence-corrected chi connectivity index (χ0v) is 12.4. The monoisotopic (exact) mass is 254 g/mol. The van der Waals surface area contributed by atoms with Crippen molar-refractivity contribution in [2.75, 3.05) is 0 Å². The quantitative estimate of drug-likeness (QED) is 0.675. The molecule has 1 unspecified atom stereocenters. The molecule has 0 bridgehead atoms. The molecule has 1 aromatic carbocycles. The highest BCUT2D eigenvalue weighted by atomic mass is 28.3. The summed E-state index contributed by atoms with van der Waals surface area (Å²) in [6, 6.07) is 10.3. The molecular weight excluding hydrogens is 232 g/mol. The molecule has 0 radical (unpaired) electrons. The van der Waals surface area contributed by atoms with Crippen molar-refractivity contribution in [3.8, 4) is 0 Å².